The van der Waals surface area contributed by atoms with Gasteiger partial charge in [0, 0.05) is 25.2 Å². The Balaban J connectivity index is 1.67. The van der Waals surface area contributed by atoms with Gasteiger partial charge in [-0.2, -0.15) is 0 Å². The van der Waals surface area contributed by atoms with E-state index in [1.54, 1.807) is 0 Å². The molecule has 1 saturated heterocycles. The molecule has 0 amide bonds. The Morgan fingerprint density at radius 3 is 2.55 bits per heavy atom. The number of hydrogen-bond acceptors (Lipinski definition) is 3. The lowest BCUT2D eigenvalue weighted by Gasteiger charge is -2.34. The molecule has 124 valence electrons. The fourth-order valence-corrected chi connectivity index (χ4v) is 3.16. The fraction of sp³-hybridized carbons (Fsp3) is 0.667. The van der Waals surface area contributed by atoms with Crippen molar-refractivity contribution in [3.8, 4) is 0 Å². The van der Waals surface area contributed by atoms with E-state index in [0.717, 1.165) is 38.9 Å². The van der Waals surface area contributed by atoms with Crippen LogP contribution in [-0.2, 0) is 6.42 Å². The Hall–Kier alpha value is -0.970. The number of aliphatic hydroxyl groups excluding tert-OH is 1. The van der Waals surface area contributed by atoms with E-state index in [-0.39, 0.29) is 12.4 Å². The molecule has 22 heavy (non-hydrogen) atoms. The molecule has 1 aliphatic heterocycles. The number of aliphatic hydroxyl groups is 1. The third-order valence-corrected chi connectivity index (χ3v) is 4.66. The van der Waals surface area contributed by atoms with Crippen molar-refractivity contribution in [2.45, 2.75) is 51.1 Å². The van der Waals surface area contributed by atoms with Gasteiger partial charge in [0.1, 0.15) is 5.82 Å². The maximum absolute atomic E-state index is 12.9. The van der Waals surface area contributed by atoms with Gasteiger partial charge < -0.3 is 15.3 Å². The van der Waals surface area contributed by atoms with E-state index in [4.69, 9.17) is 5.11 Å². The number of benzene rings is 1. The highest BCUT2D eigenvalue weighted by Crippen LogP contribution is 2.13. The molecule has 1 fully saturated rings. The fourth-order valence-electron chi connectivity index (χ4n) is 3.16. The SMILES string of the molecule is CCC(CCO)NC1CCN(CCc2ccc(F)cc2)CC1. The summed E-state index contributed by atoms with van der Waals surface area (Å²) in [6, 6.07) is 7.86. The van der Waals surface area contributed by atoms with Gasteiger partial charge in [-0.25, -0.2) is 4.39 Å². The molecular weight excluding hydrogens is 279 g/mol. The first kappa shape index (κ1) is 17.4. The van der Waals surface area contributed by atoms with Crippen LogP contribution in [0.15, 0.2) is 24.3 Å². The van der Waals surface area contributed by atoms with Gasteiger partial charge in [-0.15, -0.1) is 0 Å². The third kappa shape index (κ3) is 5.67. The highest BCUT2D eigenvalue weighted by molar-refractivity contribution is 5.16. The summed E-state index contributed by atoms with van der Waals surface area (Å²) in [5.41, 5.74) is 1.20. The second-order valence-electron chi connectivity index (χ2n) is 6.28. The van der Waals surface area contributed by atoms with Crippen LogP contribution in [0.3, 0.4) is 0 Å². The largest absolute Gasteiger partial charge is 0.396 e. The third-order valence-electron chi connectivity index (χ3n) is 4.66. The number of rotatable bonds is 8. The normalized spacial score (nSPS) is 18.5. The van der Waals surface area contributed by atoms with Gasteiger partial charge in [-0.05, 0) is 62.9 Å². The highest BCUT2D eigenvalue weighted by atomic mass is 19.1. The monoisotopic (exact) mass is 308 g/mol. The molecule has 1 aromatic carbocycles. The zero-order valence-electron chi connectivity index (χ0n) is 13.6. The number of hydrogen-bond donors (Lipinski definition) is 2. The van der Waals surface area contributed by atoms with E-state index >= 15 is 0 Å². The second kappa shape index (κ2) is 9.23. The molecule has 0 aliphatic carbocycles. The van der Waals surface area contributed by atoms with Crippen LogP contribution in [0.2, 0.25) is 0 Å². The minimum Gasteiger partial charge on any atom is -0.396 e. The van der Waals surface area contributed by atoms with E-state index in [9.17, 15) is 4.39 Å². The molecule has 1 heterocycles. The zero-order valence-corrected chi connectivity index (χ0v) is 13.6. The van der Waals surface area contributed by atoms with E-state index in [1.165, 1.54) is 30.5 Å². The maximum atomic E-state index is 12.9. The van der Waals surface area contributed by atoms with Gasteiger partial charge in [0.2, 0.25) is 0 Å². The van der Waals surface area contributed by atoms with Crippen LogP contribution in [0.5, 0.6) is 0 Å². The van der Waals surface area contributed by atoms with Crippen molar-refractivity contribution in [3.05, 3.63) is 35.6 Å². The molecule has 1 aliphatic rings. The lowest BCUT2D eigenvalue weighted by atomic mass is 10.0. The topological polar surface area (TPSA) is 35.5 Å². The van der Waals surface area contributed by atoms with Gasteiger partial charge in [0.05, 0.1) is 0 Å². The van der Waals surface area contributed by atoms with Crippen molar-refractivity contribution in [1.29, 1.82) is 0 Å². The van der Waals surface area contributed by atoms with Crippen molar-refractivity contribution < 1.29 is 9.50 Å². The second-order valence-corrected chi connectivity index (χ2v) is 6.28. The molecule has 1 atom stereocenters. The smallest absolute Gasteiger partial charge is 0.123 e. The van der Waals surface area contributed by atoms with Crippen molar-refractivity contribution >= 4 is 0 Å². The molecule has 4 heteroatoms. The van der Waals surface area contributed by atoms with Crippen molar-refractivity contribution in [2.75, 3.05) is 26.2 Å². The van der Waals surface area contributed by atoms with E-state index in [0.29, 0.717) is 12.1 Å². The minimum atomic E-state index is -0.163. The van der Waals surface area contributed by atoms with Crippen LogP contribution in [0.1, 0.15) is 38.2 Å². The number of nitrogens with zero attached hydrogens (tertiary/aromatic N) is 1. The molecule has 1 unspecified atom stereocenters. The minimum absolute atomic E-state index is 0.163. The quantitative estimate of drug-likeness (QED) is 0.775. The molecule has 0 spiro atoms. The first-order chi connectivity index (χ1) is 10.7. The standard InChI is InChI=1S/C18H29FN2O/c1-2-17(10-14-22)20-18-8-12-21(13-9-18)11-7-15-3-5-16(19)6-4-15/h3-6,17-18,20,22H,2,7-14H2,1H3. The van der Waals surface area contributed by atoms with Gasteiger partial charge in [0.15, 0.2) is 0 Å². The molecule has 0 bridgehead atoms. The zero-order chi connectivity index (χ0) is 15.8. The lowest BCUT2D eigenvalue weighted by molar-refractivity contribution is 0.183. The lowest BCUT2D eigenvalue weighted by Crippen LogP contribution is -2.46. The molecule has 0 radical (unpaired) electrons. The van der Waals surface area contributed by atoms with Gasteiger partial charge in [-0.1, -0.05) is 19.1 Å². The van der Waals surface area contributed by atoms with Crippen LogP contribution in [-0.4, -0.2) is 48.3 Å². The van der Waals surface area contributed by atoms with Gasteiger partial charge >= 0.3 is 0 Å². The van der Waals surface area contributed by atoms with Crippen molar-refractivity contribution in [3.63, 3.8) is 0 Å². The van der Waals surface area contributed by atoms with E-state index in [1.807, 2.05) is 12.1 Å². The summed E-state index contributed by atoms with van der Waals surface area (Å²) in [6.07, 6.45) is 5.25. The molecule has 0 aromatic heterocycles. The summed E-state index contributed by atoms with van der Waals surface area (Å²) >= 11 is 0. The average molecular weight is 308 g/mol. The van der Waals surface area contributed by atoms with Crippen molar-refractivity contribution in [1.82, 2.24) is 10.2 Å². The van der Waals surface area contributed by atoms with E-state index < -0.39 is 0 Å². The number of nitrogens with one attached hydrogen (secondary N) is 1. The average Bonchev–Trinajstić information content (AvgIpc) is 2.55. The molecule has 0 saturated carbocycles. The summed E-state index contributed by atoms with van der Waals surface area (Å²) in [5.74, 6) is -0.163. The Morgan fingerprint density at radius 1 is 1.27 bits per heavy atom. The molecule has 1 aromatic rings. The first-order valence-electron chi connectivity index (χ1n) is 8.55. The predicted molar refractivity (Wildman–Crippen MR) is 88.5 cm³/mol. The highest BCUT2D eigenvalue weighted by Gasteiger charge is 2.20. The predicted octanol–water partition coefficient (Wildman–Crippen LogP) is 2.58. The Morgan fingerprint density at radius 2 is 1.95 bits per heavy atom. The molecule has 3 nitrogen and oxygen atoms in total. The van der Waals surface area contributed by atoms with Crippen molar-refractivity contribution in [2.24, 2.45) is 0 Å². The molecule has 2 rings (SSSR count). The number of likely N-dealkylation sites (tertiary alicyclic amines) is 1. The van der Waals surface area contributed by atoms with Crippen LogP contribution in [0.4, 0.5) is 4.39 Å². The van der Waals surface area contributed by atoms with E-state index in [2.05, 4.69) is 17.1 Å². The van der Waals surface area contributed by atoms with Crippen LogP contribution < -0.4 is 5.32 Å². The first-order valence-corrected chi connectivity index (χ1v) is 8.55. The Bertz CT molecular complexity index is 416. The molecule has 2 N–H and O–H groups in total. The summed E-state index contributed by atoms with van der Waals surface area (Å²) in [7, 11) is 0. The molecular formula is C18H29FN2O. The number of piperidine rings is 1. The van der Waals surface area contributed by atoms with Crippen LogP contribution in [0.25, 0.3) is 0 Å². The number of halogens is 1. The van der Waals surface area contributed by atoms with Crippen LogP contribution >= 0.6 is 0 Å². The summed E-state index contributed by atoms with van der Waals surface area (Å²) < 4.78 is 12.9. The summed E-state index contributed by atoms with van der Waals surface area (Å²) in [5, 5.41) is 12.7. The van der Waals surface area contributed by atoms with Crippen LogP contribution in [0, 0.1) is 5.82 Å². The summed E-state index contributed by atoms with van der Waals surface area (Å²) in [6.45, 7) is 5.72. The maximum Gasteiger partial charge on any atom is 0.123 e. The van der Waals surface area contributed by atoms with Gasteiger partial charge in [-0.3, -0.25) is 0 Å². The van der Waals surface area contributed by atoms with Gasteiger partial charge in [0.25, 0.3) is 0 Å². The summed E-state index contributed by atoms with van der Waals surface area (Å²) in [4.78, 5) is 2.49. The Labute approximate surface area is 133 Å². The Kier molecular flexibility index (Phi) is 7.30.